The fraction of sp³-hybridized carbons (Fsp3) is 0.632. The number of hydrogen-bond donors (Lipinski definition) is 1. The third kappa shape index (κ3) is 5.07. The minimum absolute atomic E-state index is 0.116. The lowest BCUT2D eigenvalue weighted by molar-refractivity contribution is 0.0735. The summed E-state index contributed by atoms with van der Waals surface area (Å²) in [5.74, 6) is -0.116. The smallest absolute Gasteiger partial charge is 0.253 e. The molecule has 27 heavy (non-hydrogen) atoms. The van der Waals surface area contributed by atoms with E-state index in [2.05, 4.69) is 5.32 Å². The summed E-state index contributed by atoms with van der Waals surface area (Å²) in [5.41, 5.74) is 0.422. The van der Waals surface area contributed by atoms with Gasteiger partial charge in [0, 0.05) is 51.9 Å². The molecule has 2 aliphatic heterocycles. The second-order valence-electron chi connectivity index (χ2n) is 7.17. The second-order valence-corrected chi connectivity index (χ2v) is 9.22. The van der Waals surface area contributed by atoms with Crippen molar-refractivity contribution < 1.29 is 17.9 Å². The molecule has 1 atom stereocenters. The van der Waals surface area contributed by atoms with Crippen molar-refractivity contribution in [2.45, 2.75) is 36.7 Å². The van der Waals surface area contributed by atoms with Gasteiger partial charge in [-0.25, -0.2) is 12.7 Å². The first kappa shape index (κ1) is 20.3. The lowest BCUT2D eigenvalue weighted by Gasteiger charge is -2.27. The molecule has 2 aliphatic rings. The Morgan fingerprint density at radius 1 is 1.33 bits per heavy atom. The molecule has 0 spiro atoms. The van der Waals surface area contributed by atoms with E-state index in [1.807, 2.05) is 0 Å². The lowest BCUT2D eigenvalue weighted by atomic mass is 10.1. The van der Waals surface area contributed by atoms with Crippen LogP contribution in [0.3, 0.4) is 0 Å². The van der Waals surface area contributed by atoms with Crippen molar-refractivity contribution in [3.63, 3.8) is 0 Å². The van der Waals surface area contributed by atoms with Gasteiger partial charge < -0.3 is 15.0 Å². The Bertz CT molecular complexity index is 741. The third-order valence-electron chi connectivity index (χ3n) is 5.22. The summed E-state index contributed by atoms with van der Waals surface area (Å²) in [6.45, 7) is 4.05. The van der Waals surface area contributed by atoms with Crippen LogP contribution in [0.5, 0.6) is 0 Å². The highest BCUT2D eigenvalue weighted by Crippen LogP contribution is 2.20. The summed E-state index contributed by atoms with van der Waals surface area (Å²) in [6.07, 6.45) is 4.06. The number of amides is 1. The number of hydrogen-bond acceptors (Lipinski definition) is 5. The van der Waals surface area contributed by atoms with Crippen molar-refractivity contribution in [3.8, 4) is 0 Å². The number of ether oxygens (including phenoxy) is 1. The molecule has 0 bridgehead atoms. The zero-order valence-electron chi connectivity index (χ0n) is 15.9. The molecule has 2 heterocycles. The molecule has 1 N–H and O–H groups in total. The van der Waals surface area contributed by atoms with Crippen molar-refractivity contribution in [1.29, 1.82) is 0 Å². The molecular formula is C19H29N3O4S. The topological polar surface area (TPSA) is 79.0 Å². The molecule has 1 aromatic carbocycles. The van der Waals surface area contributed by atoms with Gasteiger partial charge >= 0.3 is 0 Å². The van der Waals surface area contributed by atoms with Crippen LogP contribution in [0.4, 0.5) is 0 Å². The molecule has 1 amide bonds. The Labute approximate surface area is 161 Å². The van der Waals surface area contributed by atoms with Gasteiger partial charge in [0.2, 0.25) is 10.0 Å². The highest BCUT2D eigenvalue weighted by Gasteiger charge is 2.24. The number of sulfonamides is 1. The summed E-state index contributed by atoms with van der Waals surface area (Å²) in [5, 5.41) is 3.21. The van der Waals surface area contributed by atoms with Crippen LogP contribution in [0, 0.1) is 0 Å². The van der Waals surface area contributed by atoms with Gasteiger partial charge in [0.05, 0.1) is 11.0 Å². The zero-order chi connectivity index (χ0) is 19.3. The van der Waals surface area contributed by atoms with E-state index in [1.165, 1.54) is 10.4 Å². The average molecular weight is 396 g/mol. The molecule has 2 saturated heterocycles. The van der Waals surface area contributed by atoms with E-state index in [0.717, 1.165) is 45.4 Å². The molecule has 3 rings (SSSR count). The van der Waals surface area contributed by atoms with E-state index < -0.39 is 10.0 Å². The summed E-state index contributed by atoms with van der Waals surface area (Å²) >= 11 is 0. The van der Waals surface area contributed by atoms with Gasteiger partial charge in [-0.05, 0) is 43.9 Å². The quantitative estimate of drug-likeness (QED) is 0.753. The maximum atomic E-state index is 12.9. The van der Waals surface area contributed by atoms with Crippen LogP contribution in [0.1, 0.15) is 36.0 Å². The molecule has 0 aliphatic carbocycles. The molecule has 1 aromatic rings. The average Bonchev–Trinajstić information content (AvgIpc) is 3.21. The molecular weight excluding hydrogens is 366 g/mol. The molecule has 0 aromatic heterocycles. The minimum Gasteiger partial charge on any atom is -0.378 e. The first-order valence-corrected chi connectivity index (χ1v) is 11.1. The van der Waals surface area contributed by atoms with Crippen LogP contribution in [-0.2, 0) is 14.8 Å². The first-order chi connectivity index (χ1) is 13.0. The number of piperazine rings is 1. The first-order valence-electron chi connectivity index (χ1n) is 9.66. The Morgan fingerprint density at radius 3 is 2.81 bits per heavy atom. The van der Waals surface area contributed by atoms with E-state index in [-0.39, 0.29) is 16.9 Å². The van der Waals surface area contributed by atoms with Crippen molar-refractivity contribution in [2.24, 2.45) is 0 Å². The largest absolute Gasteiger partial charge is 0.378 e. The standard InChI is InChI=1S/C19H29N3O4S/c1-21(11-3-6-17-7-4-14-26-17)27(24,25)18-8-2-5-16(15-18)19(23)22-12-9-20-10-13-22/h2,5,8,15,17,20H,3-4,6-7,9-14H2,1H3/t17-/m0/s1. The van der Waals surface area contributed by atoms with E-state index in [1.54, 1.807) is 30.1 Å². The molecule has 0 radical (unpaired) electrons. The summed E-state index contributed by atoms with van der Waals surface area (Å²) < 4.78 is 32.7. The highest BCUT2D eigenvalue weighted by atomic mass is 32.2. The van der Waals surface area contributed by atoms with Crippen molar-refractivity contribution in [1.82, 2.24) is 14.5 Å². The Hall–Kier alpha value is -1.48. The number of rotatable bonds is 7. The molecule has 0 unspecified atom stereocenters. The molecule has 150 valence electrons. The van der Waals surface area contributed by atoms with Crippen LogP contribution in [0.15, 0.2) is 29.2 Å². The number of nitrogens with one attached hydrogen (secondary N) is 1. The third-order valence-corrected chi connectivity index (χ3v) is 7.07. The molecule has 8 heteroatoms. The van der Waals surface area contributed by atoms with E-state index >= 15 is 0 Å². The fourth-order valence-electron chi connectivity index (χ4n) is 3.55. The Kier molecular flexibility index (Phi) is 6.86. The normalized spacial score (nSPS) is 21.0. The maximum absolute atomic E-state index is 12.9. The van der Waals surface area contributed by atoms with Crippen LogP contribution in [0.2, 0.25) is 0 Å². The molecule has 2 fully saturated rings. The summed E-state index contributed by atoms with van der Waals surface area (Å²) in [7, 11) is -2.02. The summed E-state index contributed by atoms with van der Waals surface area (Å²) in [6, 6.07) is 6.38. The van der Waals surface area contributed by atoms with Gasteiger partial charge in [-0.2, -0.15) is 0 Å². The molecule has 0 saturated carbocycles. The number of nitrogens with zero attached hydrogens (tertiary/aromatic N) is 2. The van der Waals surface area contributed by atoms with Gasteiger partial charge in [-0.15, -0.1) is 0 Å². The van der Waals surface area contributed by atoms with Gasteiger partial charge in [-0.3, -0.25) is 4.79 Å². The predicted molar refractivity (Wildman–Crippen MR) is 103 cm³/mol. The molecule has 7 nitrogen and oxygen atoms in total. The van der Waals surface area contributed by atoms with Crippen LogP contribution < -0.4 is 5.32 Å². The Morgan fingerprint density at radius 2 is 2.11 bits per heavy atom. The highest BCUT2D eigenvalue weighted by molar-refractivity contribution is 7.89. The second kappa shape index (κ2) is 9.14. The van der Waals surface area contributed by atoms with Crippen molar-refractivity contribution in [2.75, 3.05) is 46.4 Å². The SMILES string of the molecule is CN(CCC[C@H]1CCCO1)S(=O)(=O)c1cccc(C(=O)N2CCNCC2)c1. The monoisotopic (exact) mass is 395 g/mol. The summed E-state index contributed by atoms with van der Waals surface area (Å²) in [4.78, 5) is 14.6. The predicted octanol–water partition coefficient (Wildman–Crippen LogP) is 1.31. The number of carbonyl (C=O) groups excluding carboxylic acids is 1. The van der Waals surface area contributed by atoms with E-state index in [9.17, 15) is 13.2 Å². The van der Waals surface area contributed by atoms with Crippen molar-refractivity contribution in [3.05, 3.63) is 29.8 Å². The number of carbonyl (C=O) groups is 1. The van der Waals surface area contributed by atoms with E-state index in [4.69, 9.17) is 4.74 Å². The fourth-order valence-corrected chi connectivity index (χ4v) is 4.81. The van der Waals surface area contributed by atoms with Gasteiger partial charge in [-0.1, -0.05) is 6.07 Å². The minimum atomic E-state index is -3.61. The van der Waals surface area contributed by atoms with Gasteiger partial charge in [0.25, 0.3) is 5.91 Å². The van der Waals surface area contributed by atoms with Crippen molar-refractivity contribution >= 4 is 15.9 Å². The Balaban J connectivity index is 1.63. The lowest BCUT2D eigenvalue weighted by Crippen LogP contribution is -2.46. The number of benzene rings is 1. The van der Waals surface area contributed by atoms with Crippen LogP contribution >= 0.6 is 0 Å². The maximum Gasteiger partial charge on any atom is 0.253 e. The van der Waals surface area contributed by atoms with E-state index in [0.29, 0.717) is 25.2 Å². The van der Waals surface area contributed by atoms with Gasteiger partial charge in [0.1, 0.15) is 0 Å². The van der Waals surface area contributed by atoms with Gasteiger partial charge in [0.15, 0.2) is 0 Å². The van der Waals surface area contributed by atoms with Crippen LogP contribution in [0.25, 0.3) is 0 Å². The van der Waals surface area contributed by atoms with Crippen LogP contribution in [-0.4, -0.2) is 76.0 Å². The zero-order valence-corrected chi connectivity index (χ0v) is 16.7.